The topological polar surface area (TPSA) is 92.4 Å². The molecule has 3 aromatic rings. The average molecular weight is 381 g/mol. The van der Waals surface area contributed by atoms with Gasteiger partial charge in [-0.25, -0.2) is 0 Å². The number of carbonyl (C=O) groups excluding carboxylic acids is 2. The lowest BCUT2D eigenvalue weighted by molar-refractivity contribution is 0.0945. The molecule has 2 amide bonds. The Morgan fingerprint density at radius 3 is 2.54 bits per heavy atom. The maximum absolute atomic E-state index is 12.7. The highest BCUT2D eigenvalue weighted by Crippen LogP contribution is 2.31. The number of hydrogen-bond acceptors (Lipinski definition) is 4. The van der Waals surface area contributed by atoms with Crippen molar-refractivity contribution in [1.29, 1.82) is 0 Å². The summed E-state index contributed by atoms with van der Waals surface area (Å²) in [6.45, 7) is 1.03. The fraction of sp³-hybridized carbons (Fsp3) is 0.238. The monoisotopic (exact) mass is 381 g/mol. The highest BCUT2D eigenvalue weighted by Gasteiger charge is 2.20. The van der Waals surface area contributed by atoms with E-state index in [2.05, 4.69) is 15.6 Å². The van der Waals surface area contributed by atoms with Gasteiger partial charge in [-0.1, -0.05) is 18.2 Å². The third-order valence-corrected chi connectivity index (χ3v) is 4.32. The summed E-state index contributed by atoms with van der Waals surface area (Å²) in [5, 5.41) is 6.42. The predicted octanol–water partition coefficient (Wildman–Crippen LogP) is 3.20. The van der Waals surface area contributed by atoms with Gasteiger partial charge in [-0.15, -0.1) is 0 Å². The molecule has 0 aliphatic heterocycles. The molecule has 0 saturated heterocycles. The molecule has 7 heteroatoms. The summed E-state index contributed by atoms with van der Waals surface area (Å²) in [7, 11) is 3.18. The third-order valence-electron chi connectivity index (χ3n) is 4.32. The second-order valence-electron chi connectivity index (χ2n) is 6.21. The van der Waals surface area contributed by atoms with Gasteiger partial charge in [0.1, 0.15) is 11.4 Å². The van der Waals surface area contributed by atoms with Crippen LogP contribution in [-0.4, -0.2) is 44.2 Å². The van der Waals surface area contributed by atoms with Gasteiger partial charge < -0.3 is 25.1 Å². The van der Waals surface area contributed by atoms with Gasteiger partial charge in [0.15, 0.2) is 0 Å². The lowest BCUT2D eigenvalue weighted by Gasteiger charge is -2.09. The Labute approximate surface area is 163 Å². The van der Waals surface area contributed by atoms with Gasteiger partial charge in [0.05, 0.1) is 12.8 Å². The second kappa shape index (κ2) is 9.05. The van der Waals surface area contributed by atoms with Crippen LogP contribution in [0.25, 0.3) is 10.9 Å². The molecular formula is C21H23N3O4. The highest BCUT2D eigenvalue weighted by atomic mass is 16.5. The molecule has 0 aliphatic carbocycles. The Bertz CT molecular complexity index is 966. The molecule has 0 spiro atoms. The van der Waals surface area contributed by atoms with Crippen LogP contribution in [0.4, 0.5) is 5.69 Å². The van der Waals surface area contributed by atoms with Crippen LogP contribution in [0.15, 0.2) is 48.5 Å². The van der Waals surface area contributed by atoms with Crippen molar-refractivity contribution in [3.05, 3.63) is 59.8 Å². The molecule has 0 fully saturated rings. The number of nitrogens with one attached hydrogen (secondary N) is 3. The van der Waals surface area contributed by atoms with Crippen LogP contribution in [0.2, 0.25) is 0 Å². The summed E-state index contributed by atoms with van der Waals surface area (Å²) in [4.78, 5) is 28.5. The van der Waals surface area contributed by atoms with E-state index in [1.807, 2.05) is 12.1 Å². The van der Waals surface area contributed by atoms with E-state index in [1.165, 1.54) is 0 Å². The van der Waals surface area contributed by atoms with Gasteiger partial charge >= 0.3 is 0 Å². The van der Waals surface area contributed by atoms with Crippen molar-refractivity contribution in [2.45, 2.75) is 6.42 Å². The number of ether oxygens (including phenoxy) is 2. The van der Waals surface area contributed by atoms with E-state index in [0.29, 0.717) is 47.7 Å². The maximum Gasteiger partial charge on any atom is 0.269 e. The van der Waals surface area contributed by atoms with Crippen LogP contribution < -0.4 is 15.4 Å². The van der Waals surface area contributed by atoms with E-state index in [0.717, 1.165) is 5.52 Å². The van der Waals surface area contributed by atoms with Gasteiger partial charge in [0, 0.05) is 36.7 Å². The van der Waals surface area contributed by atoms with Crippen LogP contribution in [0.1, 0.15) is 27.3 Å². The normalized spacial score (nSPS) is 10.6. The fourth-order valence-corrected chi connectivity index (χ4v) is 2.88. The van der Waals surface area contributed by atoms with Gasteiger partial charge in [-0.2, -0.15) is 0 Å². The summed E-state index contributed by atoms with van der Waals surface area (Å²) < 4.78 is 10.3. The van der Waals surface area contributed by atoms with Crippen molar-refractivity contribution >= 4 is 28.4 Å². The molecule has 146 valence electrons. The Hall–Kier alpha value is -3.32. The Kier molecular flexibility index (Phi) is 6.29. The van der Waals surface area contributed by atoms with Crippen LogP contribution in [0, 0.1) is 0 Å². The summed E-state index contributed by atoms with van der Waals surface area (Å²) in [6, 6.07) is 14.2. The number of carbonyl (C=O) groups is 2. The molecule has 28 heavy (non-hydrogen) atoms. The molecule has 0 radical (unpaired) electrons. The van der Waals surface area contributed by atoms with E-state index in [-0.39, 0.29) is 11.8 Å². The van der Waals surface area contributed by atoms with Crippen molar-refractivity contribution in [3.8, 4) is 5.75 Å². The first kappa shape index (κ1) is 19.4. The first-order chi connectivity index (χ1) is 13.6. The molecule has 3 N–H and O–H groups in total. The van der Waals surface area contributed by atoms with E-state index in [9.17, 15) is 9.59 Å². The lowest BCUT2D eigenvalue weighted by Crippen LogP contribution is -2.27. The standard InChI is InChI=1S/C21H23N3O4/c1-27-12-6-11-22-21(26)19-18(24-20(25)14-7-4-3-5-8-14)16-13-15(28-2)9-10-17(16)23-19/h3-5,7-10,13,23H,6,11-12H2,1-2H3,(H,22,26)(H,24,25). The summed E-state index contributed by atoms with van der Waals surface area (Å²) in [6.07, 6.45) is 0.696. The number of amides is 2. The van der Waals surface area contributed by atoms with E-state index < -0.39 is 0 Å². The number of aromatic amines is 1. The van der Waals surface area contributed by atoms with Crippen LogP contribution in [0.3, 0.4) is 0 Å². The molecule has 1 aromatic heterocycles. The highest BCUT2D eigenvalue weighted by molar-refractivity contribution is 6.15. The predicted molar refractivity (Wildman–Crippen MR) is 108 cm³/mol. The molecule has 0 unspecified atom stereocenters. The summed E-state index contributed by atoms with van der Waals surface area (Å²) in [5.74, 6) is 0.0427. The quantitative estimate of drug-likeness (QED) is 0.523. The zero-order chi connectivity index (χ0) is 19.9. The van der Waals surface area contributed by atoms with Crippen molar-refractivity contribution in [1.82, 2.24) is 10.3 Å². The smallest absolute Gasteiger partial charge is 0.269 e. The SMILES string of the molecule is COCCCNC(=O)c1[nH]c2ccc(OC)cc2c1NC(=O)c1ccccc1. The van der Waals surface area contributed by atoms with E-state index in [4.69, 9.17) is 9.47 Å². The largest absolute Gasteiger partial charge is 0.497 e. The van der Waals surface area contributed by atoms with Crippen molar-refractivity contribution < 1.29 is 19.1 Å². The zero-order valence-corrected chi connectivity index (χ0v) is 15.9. The summed E-state index contributed by atoms with van der Waals surface area (Å²) in [5.41, 5.74) is 1.95. The van der Waals surface area contributed by atoms with Gasteiger partial charge in [-0.3, -0.25) is 9.59 Å². The van der Waals surface area contributed by atoms with Crippen molar-refractivity contribution in [3.63, 3.8) is 0 Å². The minimum Gasteiger partial charge on any atom is -0.497 e. The Balaban J connectivity index is 1.94. The van der Waals surface area contributed by atoms with Gasteiger partial charge in [0.25, 0.3) is 11.8 Å². The molecule has 1 heterocycles. The third kappa shape index (κ3) is 4.32. The van der Waals surface area contributed by atoms with Crippen LogP contribution in [0.5, 0.6) is 5.75 Å². The molecule has 0 bridgehead atoms. The number of rotatable bonds is 8. The van der Waals surface area contributed by atoms with Gasteiger partial charge in [0.2, 0.25) is 0 Å². The molecule has 2 aromatic carbocycles. The van der Waals surface area contributed by atoms with Crippen molar-refractivity contribution in [2.75, 3.05) is 32.7 Å². The molecule has 0 saturated carbocycles. The van der Waals surface area contributed by atoms with Crippen LogP contribution >= 0.6 is 0 Å². The molecular weight excluding hydrogens is 358 g/mol. The average Bonchev–Trinajstić information content (AvgIpc) is 3.09. The maximum atomic E-state index is 12.7. The Morgan fingerprint density at radius 2 is 1.82 bits per heavy atom. The summed E-state index contributed by atoms with van der Waals surface area (Å²) >= 11 is 0. The fourth-order valence-electron chi connectivity index (χ4n) is 2.88. The van der Waals surface area contributed by atoms with Gasteiger partial charge in [-0.05, 0) is 36.8 Å². The molecule has 0 atom stereocenters. The zero-order valence-electron chi connectivity index (χ0n) is 15.9. The lowest BCUT2D eigenvalue weighted by atomic mass is 10.1. The first-order valence-electron chi connectivity index (χ1n) is 8.97. The van der Waals surface area contributed by atoms with E-state index in [1.54, 1.807) is 50.6 Å². The number of methoxy groups -OCH3 is 2. The number of benzene rings is 2. The number of anilines is 1. The molecule has 7 nitrogen and oxygen atoms in total. The molecule has 0 aliphatic rings. The number of H-pyrrole nitrogens is 1. The number of fused-ring (bicyclic) bond motifs is 1. The van der Waals surface area contributed by atoms with Crippen molar-refractivity contribution in [2.24, 2.45) is 0 Å². The minimum atomic E-state index is -0.297. The number of aromatic nitrogens is 1. The molecule has 3 rings (SSSR count). The second-order valence-corrected chi connectivity index (χ2v) is 6.21. The van der Waals surface area contributed by atoms with E-state index >= 15 is 0 Å². The van der Waals surface area contributed by atoms with Crippen LogP contribution in [-0.2, 0) is 4.74 Å². The number of hydrogen-bond donors (Lipinski definition) is 3. The minimum absolute atomic E-state index is 0.294. The Morgan fingerprint density at radius 1 is 1.04 bits per heavy atom. The first-order valence-corrected chi connectivity index (χ1v) is 8.97.